The first-order chi connectivity index (χ1) is 7.26. The summed E-state index contributed by atoms with van der Waals surface area (Å²) in [6, 6.07) is 3.65. The molecule has 0 saturated heterocycles. The Morgan fingerprint density at radius 1 is 1.00 bits per heavy atom. The molecular formula is C11H17NO3. The normalized spacial score (nSPS) is 9.87. The van der Waals surface area contributed by atoms with Gasteiger partial charge in [-0.2, -0.15) is 0 Å². The predicted molar refractivity (Wildman–Crippen MR) is 58.9 cm³/mol. The molecule has 0 amide bonds. The third-order valence-corrected chi connectivity index (χ3v) is 2.21. The summed E-state index contributed by atoms with van der Waals surface area (Å²) < 4.78 is 15.7. The van der Waals surface area contributed by atoms with Crippen LogP contribution in [0.15, 0.2) is 12.1 Å². The van der Waals surface area contributed by atoms with Gasteiger partial charge in [0.25, 0.3) is 0 Å². The Kier molecular flexibility index (Phi) is 4.24. The van der Waals surface area contributed by atoms with Crippen molar-refractivity contribution < 1.29 is 14.2 Å². The van der Waals surface area contributed by atoms with E-state index in [4.69, 9.17) is 19.9 Å². The number of rotatable bonds is 5. The lowest BCUT2D eigenvalue weighted by atomic mass is 10.1. The Hall–Kier alpha value is -1.42. The minimum Gasteiger partial charge on any atom is -0.496 e. The highest BCUT2D eigenvalue weighted by molar-refractivity contribution is 5.50. The van der Waals surface area contributed by atoms with Crippen molar-refractivity contribution in [1.29, 1.82) is 0 Å². The number of hydrogen-bond donors (Lipinski definition) is 1. The van der Waals surface area contributed by atoms with Crippen LogP contribution in [0.4, 0.5) is 0 Å². The van der Waals surface area contributed by atoms with Crippen LogP contribution in [0.25, 0.3) is 0 Å². The van der Waals surface area contributed by atoms with E-state index in [0.717, 1.165) is 23.5 Å². The van der Waals surface area contributed by atoms with Crippen molar-refractivity contribution in [1.82, 2.24) is 0 Å². The molecule has 84 valence electrons. The van der Waals surface area contributed by atoms with Crippen molar-refractivity contribution in [2.24, 2.45) is 5.73 Å². The molecule has 2 N–H and O–H groups in total. The minimum absolute atomic E-state index is 0.555. The highest BCUT2D eigenvalue weighted by atomic mass is 16.5. The Morgan fingerprint density at radius 2 is 1.53 bits per heavy atom. The molecule has 0 spiro atoms. The molecule has 0 aliphatic rings. The zero-order valence-corrected chi connectivity index (χ0v) is 9.37. The summed E-state index contributed by atoms with van der Waals surface area (Å²) in [7, 11) is 4.85. The Labute approximate surface area is 89.9 Å². The Morgan fingerprint density at radius 3 is 1.87 bits per heavy atom. The van der Waals surface area contributed by atoms with Crippen molar-refractivity contribution >= 4 is 0 Å². The van der Waals surface area contributed by atoms with Crippen LogP contribution in [-0.2, 0) is 6.42 Å². The SMILES string of the molecule is COc1cc(OC)c(CCN)c(OC)c1. The monoisotopic (exact) mass is 211 g/mol. The van der Waals surface area contributed by atoms with E-state index >= 15 is 0 Å². The van der Waals surface area contributed by atoms with Crippen molar-refractivity contribution in [3.8, 4) is 17.2 Å². The van der Waals surface area contributed by atoms with E-state index in [1.165, 1.54) is 0 Å². The van der Waals surface area contributed by atoms with Crippen LogP contribution in [0.1, 0.15) is 5.56 Å². The first-order valence-corrected chi connectivity index (χ1v) is 4.75. The third-order valence-electron chi connectivity index (χ3n) is 2.21. The van der Waals surface area contributed by atoms with Crippen LogP contribution in [0.3, 0.4) is 0 Å². The lowest BCUT2D eigenvalue weighted by molar-refractivity contribution is 0.369. The molecular weight excluding hydrogens is 194 g/mol. The minimum atomic E-state index is 0.555. The van der Waals surface area contributed by atoms with Crippen LogP contribution in [-0.4, -0.2) is 27.9 Å². The summed E-state index contributed by atoms with van der Waals surface area (Å²) in [5.74, 6) is 2.21. The molecule has 0 heterocycles. The molecule has 0 saturated carbocycles. The molecule has 1 aromatic carbocycles. The van der Waals surface area contributed by atoms with E-state index in [-0.39, 0.29) is 0 Å². The first-order valence-electron chi connectivity index (χ1n) is 4.75. The van der Waals surface area contributed by atoms with Gasteiger partial charge in [0.15, 0.2) is 0 Å². The maximum Gasteiger partial charge on any atom is 0.129 e. The fourth-order valence-corrected chi connectivity index (χ4v) is 1.47. The summed E-state index contributed by atoms with van der Waals surface area (Å²) in [6.45, 7) is 0.555. The number of hydrogen-bond acceptors (Lipinski definition) is 4. The van der Waals surface area contributed by atoms with Crippen LogP contribution in [0.2, 0.25) is 0 Å². The second kappa shape index (κ2) is 5.46. The zero-order valence-electron chi connectivity index (χ0n) is 9.37. The number of methoxy groups -OCH3 is 3. The summed E-state index contributed by atoms with van der Waals surface area (Å²) in [5, 5.41) is 0. The third kappa shape index (κ3) is 2.53. The topological polar surface area (TPSA) is 53.7 Å². The highest BCUT2D eigenvalue weighted by Gasteiger charge is 2.11. The molecule has 4 nitrogen and oxygen atoms in total. The molecule has 0 fully saturated rings. The van der Waals surface area contributed by atoms with Crippen molar-refractivity contribution in [2.75, 3.05) is 27.9 Å². The van der Waals surface area contributed by atoms with Gasteiger partial charge in [0.1, 0.15) is 17.2 Å². The van der Waals surface area contributed by atoms with Gasteiger partial charge >= 0.3 is 0 Å². The number of benzene rings is 1. The van der Waals surface area contributed by atoms with Crippen LogP contribution in [0, 0.1) is 0 Å². The van der Waals surface area contributed by atoms with Gasteiger partial charge in [-0.05, 0) is 13.0 Å². The largest absolute Gasteiger partial charge is 0.496 e. The standard InChI is InChI=1S/C11H17NO3/c1-13-8-6-10(14-2)9(4-5-12)11(7-8)15-3/h6-7H,4-5,12H2,1-3H3. The van der Waals surface area contributed by atoms with Crippen LogP contribution >= 0.6 is 0 Å². The van der Waals surface area contributed by atoms with Gasteiger partial charge < -0.3 is 19.9 Å². The quantitative estimate of drug-likeness (QED) is 0.795. The van der Waals surface area contributed by atoms with Gasteiger partial charge in [-0.3, -0.25) is 0 Å². The summed E-state index contributed by atoms with van der Waals surface area (Å²) in [4.78, 5) is 0. The molecule has 1 rings (SSSR count). The van der Waals surface area contributed by atoms with Crippen molar-refractivity contribution in [3.63, 3.8) is 0 Å². The zero-order chi connectivity index (χ0) is 11.3. The maximum atomic E-state index is 5.54. The average Bonchev–Trinajstić information content (AvgIpc) is 2.29. The van der Waals surface area contributed by atoms with Gasteiger partial charge in [0.2, 0.25) is 0 Å². The molecule has 15 heavy (non-hydrogen) atoms. The van der Waals surface area contributed by atoms with Gasteiger partial charge in [-0.1, -0.05) is 0 Å². The Bertz CT molecular complexity index is 301. The van der Waals surface area contributed by atoms with E-state index < -0.39 is 0 Å². The van der Waals surface area contributed by atoms with Crippen LogP contribution in [0.5, 0.6) is 17.2 Å². The van der Waals surface area contributed by atoms with Gasteiger partial charge in [-0.15, -0.1) is 0 Å². The predicted octanol–water partition coefficient (Wildman–Crippen LogP) is 1.21. The molecule has 0 aliphatic carbocycles. The molecule has 0 radical (unpaired) electrons. The second-order valence-corrected chi connectivity index (χ2v) is 3.05. The van der Waals surface area contributed by atoms with Crippen molar-refractivity contribution in [2.45, 2.75) is 6.42 Å². The van der Waals surface area contributed by atoms with E-state index in [9.17, 15) is 0 Å². The highest BCUT2D eigenvalue weighted by Crippen LogP contribution is 2.33. The smallest absolute Gasteiger partial charge is 0.129 e. The molecule has 0 aromatic heterocycles. The lowest BCUT2D eigenvalue weighted by Gasteiger charge is -2.14. The summed E-state index contributed by atoms with van der Waals surface area (Å²) in [6.07, 6.45) is 0.719. The number of nitrogens with two attached hydrogens (primary N) is 1. The molecule has 1 aromatic rings. The first kappa shape index (κ1) is 11.7. The fraction of sp³-hybridized carbons (Fsp3) is 0.455. The second-order valence-electron chi connectivity index (χ2n) is 3.05. The summed E-state index contributed by atoms with van der Waals surface area (Å²) >= 11 is 0. The van der Waals surface area contributed by atoms with Crippen molar-refractivity contribution in [3.05, 3.63) is 17.7 Å². The molecule has 0 atom stereocenters. The Balaban J connectivity index is 3.19. The molecule has 0 bridgehead atoms. The molecule has 0 unspecified atom stereocenters. The maximum absolute atomic E-state index is 5.54. The van der Waals surface area contributed by atoms with Gasteiger partial charge in [0.05, 0.1) is 21.3 Å². The van der Waals surface area contributed by atoms with E-state index in [1.807, 2.05) is 12.1 Å². The fourth-order valence-electron chi connectivity index (χ4n) is 1.47. The lowest BCUT2D eigenvalue weighted by Crippen LogP contribution is -2.06. The number of ether oxygens (including phenoxy) is 3. The molecule has 4 heteroatoms. The van der Waals surface area contributed by atoms with E-state index in [0.29, 0.717) is 12.3 Å². The van der Waals surface area contributed by atoms with Gasteiger partial charge in [-0.25, -0.2) is 0 Å². The van der Waals surface area contributed by atoms with E-state index in [2.05, 4.69) is 0 Å². The van der Waals surface area contributed by atoms with Crippen LogP contribution < -0.4 is 19.9 Å². The summed E-state index contributed by atoms with van der Waals surface area (Å²) in [5.41, 5.74) is 6.51. The van der Waals surface area contributed by atoms with E-state index in [1.54, 1.807) is 21.3 Å². The molecule has 0 aliphatic heterocycles. The average molecular weight is 211 g/mol. The van der Waals surface area contributed by atoms with Gasteiger partial charge in [0, 0.05) is 17.7 Å².